The molecule has 0 spiro atoms. The minimum Gasteiger partial charge on any atom is -0.481 e. The zero-order chi connectivity index (χ0) is 13.9. The molecule has 0 aliphatic heterocycles. The molecule has 0 unspecified atom stereocenters. The Hall–Kier alpha value is -1.91. The van der Waals surface area contributed by atoms with Crippen LogP contribution < -0.4 is 5.32 Å². The average molecular weight is 262 g/mol. The van der Waals surface area contributed by atoms with Crippen molar-refractivity contribution in [3.8, 4) is 0 Å². The normalized spacial score (nSPS) is 17.1. The Kier molecular flexibility index (Phi) is 3.83. The summed E-state index contributed by atoms with van der Waals surface area (Å²) in [6.07, 6.45) is 4.61. The fourth-order valence-electron chi connectivity index (χ4n) is 2.65. The second kappa shape index (κ2) is 5.38. The van der Waals surface area contributed by atoms with Crippen LogP contribution in [0.4, 0.5) is 5.69 Å². The van der Waals surface area contributed by atoms with Gasteiger partial charge in [0.1, 0.15) is 0 Å². The molecule has 1 saturated carbocycles. The molecule has 2 rings (SSSR count). The second-order valence-corrected chi connectivity index (χ2v) is 5.20. The summed E-state index contributed by atoms with van der Waals surface area (Å²) in [6.45, 7) is 1.84. The molecular weight excluding hydrogens is 244 g/mol. The number of aryl methyl sites for hydroxylation is 1. The molecule has 1 aromatic heterocycles. The quantitative estimate of drug-likeness (QED) is 0.873. The molecule has 0 aromatic carbocycles. The molecule has 1 aromatic rings. The fourth-order valence-corrected chi connectivity index (χ4v) is 2.65. The first-order valence-corrected chi connectivity index (χ1v) is 6.48. The molecule has 0 bridgehead atoms. The number of pyridine rings is 1. The van der Waals surface area contributed by atoms with Crippen molar-refractivity contribution in [2.75, 3.05) is 5.32 Å². The first-order valence-electron chi connectivity index (χ1n) is 6.48. The van der Waals surface area contributed by atoms with Gasteiger partial charge in [0.25, 0.3) is 0 Å². The maximum absolute atomic E-state index is 12.0. The highest BCUT2D eigenvalue weighted by atomic mass is 16.4. The molecule has 1 aliphatic rings. The molecule has 0 saturated heterocycles. The molecule has 5 heteroatoms. The number of aliphatic carboxylic acids is 1. The van der Waals surface area contributed by atoms with E-state index in [-0.39, 0.29) is 12.3 Å². The van der Waals surface area contributed by atoms with E-state index >= 15 is 0 Å². The number of rotatable bonds is 4. The number of amides is 1. The van der Waals surface area contributed by atoms with Crippen LogP contribution in [0.25, 0.3) is 0 Å². The van der Waals surface area contributed by atoms with Gasteiger partial charge in [0.2, 0.25) is 5.91 Å². The summed E-state index contributed by atoms with van der Waals surface area (Å²) >= 11 is 0. The molecule has 1 fully saturated rings. The highest BCUT2D eigenvalue weighted by molar-refractivity contribution is 5.94. The standard InChI is InChI=1S/C14H18N2O3/c1-10-8-11(4-7-15-10)16-12(17)9-14(13(18)19)5-2-3-6-14/h4,7-8H,2-3,5-6,9H2,1H3,(H,18,19)(H,15,16,17). The Labute approximate surface area is 112 Å². The third-order valence-corrected chi connectivity index (χ3v) is 3.69. The van der Waals surface area contributed by atoms with Crippen molar-refractivity contribution < 1.29 is 14.7 Å². The van der Waals surface area contributed by atoms with Crippen LogP contribution in [0.2, 0.25) is 0 Å². The van der Waals surface area contributed by atoms with Crippen LogP contribution >= 0.6 is 0 Å². The van der Waals surface area contributed by atoms with Crippen LogP contribution in [0.3, 0.4) is 0 Å². The number of aromatic nitrogens is 1. The van der Waals surface area contributed by atoms with E-state index < -0.39 is 11.4 Å². The lowest BCUT2D eigenvalue weighted by atomic mass is 9.82. The van der Waals surface area contributed by atoms with Crippen molar-refractivity contribution in [1.82, 2.24) is 4.98 Å². The lowest BCUT2D eigenvalue weighted by Gasteiger charge is -2.22. The minimum atomic E-state index is -0.869. The van der Waals surface area contributed by atoms with E-state index in [0.29, 0.717) is 18.5 Å². The predicted molar refractivity (Wildman–Crippen MR) is 70.8 cm³/mol. The molecule has 19 heavy (non-hydrogen) atoms. The number of carboxylic acids is 1. The Balaban J connectivity index is 2.02. The highest BCUT2D eigenvalue weighted by Crippen LogP contribution is 2.41. The van der Waals surface area contributed by atoms with Gasteiger partial charge in [-0.15, -0.1) is 0 Å². The number of carbonyl (C=O) groups excluding carboxylic acids is 1. The van der Waals surface area contributed by atoms with Crippen LogP contribution in [0.1, 0.15) is 37.8 Å². The first-order chi connectivity index (χ1) is 9.02. The van der Waals surface area contributed by atoms with Gasteiger partial charge in [-0.05, 0) is 31.9 Å². The van der Waals surface area contributed by atoms with Crippen LogP contribution in [-0.4, -0.2) is 22.0 Å². The maximum Gasteiger partial charge on any atom is 0.310 e. The summed E-state index contributed by atoms with van der Waals surface area (Å²) < 4.78 is 0. The van der Waals surface area contributed by atoms with Crippen LogP contribution in [0.15, 0.2) is 18.3 Å². The van der Waals surface area contributed by atoms with Crippen molar-refractivity contribution in [1.29, 1.82) is 0 Å². The smallest absolute Gasteiger partial charge is 0.310 e. The van der Waals surface area contributed by atoms with Gasteiger partial charge in [-0.2, -0.15) is 0 Å². The number of hydrogen-bond donors (Lipinski definition) is 2. The zero-order valence-corrected chi connectivity index (χ0v) is 11.0. The zero-order valence-electron chi connectivity index (χ0n) is 11.0. The molecule has 5 nitrogen and oxygen atoms in total. The minimum absolute atomic E-state index is 0.0453. The molecule has 1 heterocycles. The molecule has 1 amide bonds. The molecule has 0 atom stereocenters. The number of hydrogen-bond acceptors (Lipinski definition) is 3. The topological polar surface area (TPSA) is 79.3 Å². The molecule has 0 radical (unpaired) electrons. The van der Waals surface area contributed by atoms with Crippen molar-refractivity contribution in [3.05, 3.63) is 24.0 Å². The van der Waals surface area contributed by atoms with E-state index in [0.717, 1.165) is 18.5 Å². The maximum atomic E-state index is 12.0. The Morgan fingerprint density at radius 1 is 1.42 bits per heavy atom. The summed E-state index contributed by atoms with van der Waals surface area (Å²) in [5.74, 6) is -1.10. The van der Waals surface area contributed by atoms with Gasteiger partial charge in [0.15, 0.2) is 0 Å². The summed E-state index contributed by atoms with van der Waals surface area (Å²) in [5.41, 5.74) is 0.606. The Bertz CT molecular complexity index is 493. The number of nitrogens with zero attached hydrogens (tertiary/aromatic N) is 1. The summed E-state index contributed by atoms with van der Waals surface area (Å²) in [7, 11) is 0. The van der Waals surface area contributed by atoms with Crippen LogP contribution in [0, 0.1) is 12.3 Å². The number of nitrogens with one attached hydrogen (secondary N) is 1. The van der Waals surface area contributed by atoms with Gasteiger partial charge in [-0.1, -0.05) is 12.8 Å². The van der Waals surface area contributed by atoms with Crippen molar-refractivity contribution >= 4 is 17.6 Å². The number of anilines is 1. The third kappa shape index (κ3) is 3.10. The SMILES string of the molecule is Cc1cc(NC(=O)CC2(C(=O)O)CCCC2)ccn1. The fraction of sp³-hybridized carbons (Fsp3) is 0.500. The van der Waals surface area contributed by atoms with Crippen molar-refractivity contribution in [2.45, 2.75) is 39.0 Å². The van der Waals surface area contributed by atoms with E-state index in [1.54, 1.807) is 18.3 Å². The van der Waals surface area contributed by atoms with Crippen LogP contribution in [0.5, 0.6) is 0 Å². The van der Waals surface area contributed by atoms with Crippen LogP contribution in [-0.2, 0) is 9.59 Å². The summed E-state index contributed by atoms with van der Waals surface area (Å²) in [6, 6.07) is 3.47. The Morgan fingerprint density at radius 3 is 2.68 bits per heavy atom. The summed E-state index contributed by atoms with van der Waals surface area (Å²) in [5, 5.41) is 12.1. The van der Waals surface area contributed by atoms with Crippen molar-refractivity contribution in [3.63, 3.8) is 0 Å². The first kappa shape index (κ1) is 13.5. The van der Waals surface area contributed by atoms with Gasteiger partial charge >= 0.3 is 5.97 Å². The summed E-state index contributed by atoms with van der Waals surface area (Å²) in [4.78, 5) is 27.4. The predicted octanol–water partition coefficient (Wildman–Crippen LogP) is 2.36. The second-order valence-electron chi connectivity index (χ2n) is 5.20. The third-order valence-electron chi connectivity index (χ3n) is 3.69. The largest absolute Gasteiger partial charge is 0.481 e. The molecule has 2 N–H and O–H groups in total. The van der Waals surface area contributed by atoms with Gasteiger partial charge in [-0.25, -0.2) is 0 Å². The van der Waals surface area contributed by atoms with Gasteiger partial charge in [0.05, 0.1) is 5.41 Å². The lowest BCUT2D eigenvalue weighted by molar-refractivity contribution is -0.150. The molecule has 102 valence electrons. The highest BCUT2D eigenvalue weighted by Gasteiger charge is 2.42. The van der Waals surface area contributed by atoms with E-state index in [4.69, 9.17) is 0 Å². The van der Waals surface area contributed by atoms with Gasteiger partial charge in [-0.3, -0.25) is 14.6 Å². The van der Waals surface area contributed by atoms with Gasteiger partial charge in [0, 0.05) is 24.0 Å². The van der Waals surface area contributed by atoms with E-state index in [1.807, 2.05) is 6.92 Å². The van der Waals surface area contributed by atoms with E-state index in [2.05, 4.69) is 10.3 Å². The van der Waals surface area contributed by atoms with E-state index in [9.17, 15) is 14.7 Å². The molecular formula is C14H18N2O3. The average Bonchev–Trinajstić information content (AvgIpc) is 2.78. The number of carboxylic acid groups (broad SMARTS) is 1. The van der Waals surface area contributed by atoms with Crippen molar-refractivity contribution in [2.24, 2.45) is 5.41 Å². The lowest BCUT2D eigenvalue weighted by Crippen LogP contribution is -2.32. The van der Waals surface area contributed by atoms with E-state index in [1.165, 1.54) is 0 Å². The number of carbonyl (C=O) groups is 2. The molecule has 1 aliphatic carbocycles. The Morgan fingerprint density at radius 2 is 2.11 bits per heavy atom. The van der Waals surface area contributed by atoms with Gasteiger partial charge < -0.3 is 10.4 Å². The monoisotopic (exact) mass is 262 g/mol.